The smallest absolute Gasteiger partial charge is 0.305 e. The lowest BCUT2D eigenvalue weighted by molar-refractivity contribution is -0.141. The number of methoxy groups -OCH3 is 1. The van der Waals surface area contributed by atoms with Gasteiger partial charge < -0.3 is 15.0 Å². The van der Waals surface area contributed by atoms with Gasteiger partial charge in [0.15, 0.2) is 5.78 Å². The molecule has 22 heavy (non-hydrogen) atoms. The zero-order chi connectivity index (χ0) is 16.9. The van der Waals surface area contributed by atoms with Gasteiger partial charge in [0, 0.05) is 24.9 Å². The molecule has 0 saturated carbocycles. The zero-order valence-electron chi connectivity index (χ0n) is 13.6. The predicted molar refractivity (Wildman–Crippen MR) is 78.8 cm³/mol. The average molecular weight is 312 g/mol. The van der Waals surface area contributed by atoms with Crippen LogP contribution >= 0.6 is 0 Å². The molecule has 2 amide bonds. The second kappa shape index (κ2) is 7.38. The molecule has 0 spiro atoms. The normalized spacial score (nSPS) is 18.3. The van der Waals surface area contributed by atoms with Crippen LogP contribution < -0.4 is 5.32 Å². The van der Waals surface area contributed by atoms with Gasteiger partial charge in [-0.2, -0.15) is 0 Å². The van der Waals surface area contributed by atoms with Gasteiger partial charge in [-0.15, -0.1) is 0 Å². The van der Waals surface area contributed by atoms with E-state index in [9.17, 15) is 19.2 Å². The van der Waals surface area contributed by atoms with Gasteiger partial charge in [0.2, 0.25) is 11.8 Å². The molecule has 0 aliphatic carbocycles. The van der Waals surface area contributed by atoms with E-state index in [0.29, 0.717) is 6.54 Å². The molecule has 7 nitrogen and oxygen atoms in total. The first-order chi connectivity index (χ1) is 10.1. The van der Waals surface area contributed by atoms with Crippen molar-refractivity contribution in [1.82, 2.24) is 10.2 Å². The summed E-state index contributed by atoms with van der Waals surface area (Å²) >= 11 is 0. The Morgan fingerprint density at radius 3 is 2.41 bits per heavy atom. The zero-order valence-corrected chi connectivity index (χ0v) is 13.6. The SMILES string of the molecule is COC(=O)CCC(=O)CNC(=O)C1CC(=O)N(C(C)(C)C)C1. The number of carbonyl (C=O) groups excluding carboxylic acids is 4. The van der Waals surface area contributed by atoms with Crippen molar-refractivity contribution in [2.24, 2.45) is 5.92 Å². The van der Waals surface area contributed by atoms with Crippen molar-refractivity contribution in [3.63, 3.8) is 0 Å². The summed E-state index contributed by atoms with van der Waals surface area (Å²) in [4.78, 5) is 48.1. The number of nitrogens with one attached hydrogen (secondary N) is 1. The van der Waals surface area contributed by atoms with Gasteiger partial charge >= 0.3 is 5.97 Å². The molecule has 1 heterocycles. The van der Waals surface area contributed by atoms with E-state index in [1.165, 1.54) is 7.11 Å². The van der Waals surface area contributed by atoms with Crippen molar-refractivity contribution in [3.8, 4) is 0 Å². The number of hydrogen-bond donors (Lipinski definition) is 1. The van der Waals surface area contributed by atoms with Gasteiger partial charge in [-0.1, -0.05) is 0 Å². The van der Waals surface area contributed by atoms with E-state index < -0.39 is 11.9 Å². The van der Waals surface area contributed by atoms with E-state index in [4.69, 9.17) is 0 Å². The molecule has 0 aromatic rings. The fraction of sp³-hybridized carbons (Fsp3) is 0.733. The Bertz CT molecular complexity index is 467. The number of carbonyl (C=O) groups is 4. The fourth-order valence-electron chi connectivity index (χ4n) is 2.29. The first-order valence-electron chi connectivity index (χ1n) is 7.32. The number of esters is 1. The molecular formula is C15H24N2O5. The van der Waals surface area contributed by atoms with Crippen LogP contribution in [0.3, 0.4) is 0 Å². The minimum absolute atomic E-state index is 0.00488. The number of hydrogen-bond acceptors (Lipinski definition) is 5. The Labute approximate surface area is 130 Å². The van der Waals surface area contributed by atoms with E-state index >= 15 is 0 Å². The fourth-order valence-corrected chi connectivity index (χ4v) is 2.29. The number of Topliss-reactive ketones (excluding diaryl/α,β-unsaturated/α-hetero) is 1. The molecule has 1 rings (SSSR count). The topological polar surface area (TPSA) is 92.8 Å². The summed E-state index contributed by atoms with van der Waals surface area (Å²) in [6.07, 6.45) is 0.203. The molecule has 7 heteroatoms. The molecule has 1 unspecified atom stereocenters. The van der Waals surface area contributed by atoms with Gasteiger partial charge in [0.05, 0.1) is 26.0 Å². The molecule has 1 fully saturated rings. The first kappa shape index (κ1) is 18.1. The Morgan fingerprint density at radius 1 is 1.27 bits per heavy atom. The predicted octanol–water partition coefficient (Wildman–Crippen LogP) is 0.272. The second-order valence-corrected chi connectivity index (χ2v) is 6.41. The molecule has 1 atom stereocenters. The summed E-state index contributed by atoms with van der Waals surface area (Å²) in [5.74, 6) is -1.48. The Morgan fingerprint density at radius 2 is 1.91 bits per heavy atom. The van der Waals surface area contributed by atoms with E-state index in [0.717, 1.165) is 0 Å². The van der Waals surface area contributed by atoms with Crippen LogP contribution in [-0.2, 0) is 23.9 Å². The van der Waals surface area contributed by atoms with Crippen LogP contribution in [0.5, 0.6) is 0 Å². The standard InChI is InChI=1S/C15H24N2O5/c1-15(2,3)17-9-10(7-12(17)19)14(21)16-8-11(18)5-6-13(20)22-4/h10H,5-9H2,1-4H3,(H,16,21). The summed E-state index contributed by atoms with van der Waals surface area (Å²) < 4.78 is 4.44. The van der Waals surface area contributed by atoms with E-state index in [1.54, 1.807) is 4.90 Å². The van der Waals surface area contributed by atoms with Gasteiger partial charge in [-0.3, -0.25) is 19.2 Å². The first-order valence-corrected chi connectivity index (χ1v) is 7.32. The Kier molecular flexibility index (Phi) is 6.08. The van der Waals surface area contributed by atoms with Crippen molar-refractivity contribution < 1.29 is 23.9 Å². The minimum Gasteiger partial charge on any atom is -0.469 e. The van der Waals surface area contributed by atoms with Crippen molar-refractivity contribution >= 4 is 23.6 Å². The molecule has 0 radical (unpaired) electrons. The largest absolute Gasteiger partial charge is 0.469 e. The third-order valence-corrected chi connectivity index (χ3v) is 3.60. The highest BCUT2D eigenvalue weighted by Gasteiger charge is 2.39. The highest BCUT2D eigenvalue weighted by atomic mass is 16.5. The van der Waals surface area contributed by atoms with Crippen molar-refractivity contribution in [2.75, 3.05) is 20.2 Å². The van der Waals surface area contributed by atoms with Crippen LogP contribution in [-0.4, -0.2) is 54.2 Å². The van der Waals surface area contributed by atoms with Gasteiger partial charge in [-0.05, 0) is 20.8 Å². The third-order valence-electron chi connectivity index (χ3n) is 3.60. The number of likely N-dealkylation sites (tertiary alicyclic amines) is 1. The maximum Gasteiger partial charge on any atom is 0.305 e. The number of rotatable bonds is 6. The molecular weight excluding hydrogens is 288 g/mol. The lowest BCUT2D eigenvalue weighted by atomic mass is 10.1. The van der Waals surface area contributed by atoms with Crippen molar-refractivity contribution in [1.29, 1.82) is 0 Å². The Balaban J connectivity index is 2.39. The maximum absolute atomic E-state index is 12.0. The average Bonchev–Trinajstić information content (AvgIpc) is 2.84. The molecule has 1 aliphatic heterocycles. The van der Waals surface area contributed by atoms with Crippen LogP contribution in [0, 0.1) is 5.92 Å². The summed E-state index contributed by atoms with van der Waals surface area (Å²) in [5.41, 5.74) is -0.317. The summed E-state index contributed by atoms with van der Waals surface area (Å²) in [5, 5.41) is 2.54. The Hall–Kier alpha value is -1.92. The van der Waals surface area contributed by atoms with Crippen LogP contribution in [0.2, 0.25) is 0 Å². The number of amides is 2. The number of ketones is 1. The molecule has 0 bridgehead atoms. The molecule has 1 aliphatic rings. The van der Waals surface area contributed by atoms with E-state index in [1.807, 2.05) is 20.8 Å². The summed E-state index contributed by atoms with van der Waals surface area (Å²) in [7, 11) is 1.26. The van der Waals surface area contributed by atoms with Crippen LogP contribution in [0.1, 0.15) is 40.0 Å². The second-order valence-electron chi connectivity index (χ2n) is 6.41. The van der Waals surface area contributed by atoms with Crippen molar-refractivity contribution in [3.05, 3.63) is 0 Å². The highest BCUT2D eigenvalue weighted by molar-refractivity contribution is 5.92. The maximum atomic E-state index is 12.0. The molecule has 124 valence electrons. The highest BCUT2D eigenvalue weighted by Crippen LogP contribution is 2.25. The number of nitrogens with zero attached hydrogens (tertiary/aromatic N) is 1. The third kappa shape index (κ3) is 5.13. The summed E-state index contributed by atoms with van der Waals surface area (Å²) in [6.45, 7) is 5.99. The van der Waals surface area contributed by atoms with Crippen LogP contribution in [0.4, 0.5) is 0 Å². The lowest BCUT2D eigenvalue weighted by Gasteiger charge is -2.31. The molecule has 1 N–H and O–H groups in total. The quantitative estimate of drug-likeness (QED) is 0.711. The summed E-state index contributed by atoms with van der Waals surface area (Å²) in [6, 6.07) is 0. The van der Waals surface area contributed by atoms with Crippen LogP contribution in [0.25, 0.3) is 0 Å². The minimum atomic E-state index is -0.457. The van der Waals surface area contributed by atoms with Gasteiger partial charge in [0.25, 0.3) is 0 Å². The lowest BCUT2D eigenvalue weighted by Crippen LogP contribution is -2.43. The van der Waals surface area contributed by atoms with Crippen LogP contribution in [0.15, 0.2) is 0 Å². The molecule has 1 saturated heterocycles. The van der Waals surface area contributed by atoms with E-state index in [2.05, 4.69) is 10.1 Å². The molecule has 0 aromatic carbocycles. The van der Waals surface area contributed by atoms with Gasteiger partial charge in [0.1, 0.15) is 0 Å². The van der Waals surface area contributed by atoms with E-state index in [-0.39, 0.29) is 48.9 Å². The molecule has 0 aromatic heterocycles. The van der Waals surface area contributed by atoms with Gasteiger partial charge in [-0.25, -0.2) is 0 Å². The van der Waals surface area contributed by atoms with Crippen molar-refractivity contribution in [2.45, 2.75) is 45.6 Å². The monoisotopic (exact) mass is 312 g/mol. The number of ether oxygens (including phenoxy) is 1.